The minimum absolute atomic E-state index is 0.467. The summed E-state index contributed by atoms with van der Waals surface area (Å²) in [7, 11) is 0. The summed E-state index contributed by atoms with van der Waals surface area (Å²) in [6, 6.07) is 2.02. The highest BCUT2D eigenvalue weighted by atomic mass is 16.5. The number of nitrogens with zero attached hydrogens (tertiary/aromatic N) is 3. The van der Waals surface area contributed by atoms with E-state index in [1.807, 2.05) is 13.0 Å². The lowest BCUT2D eigenvalue weighted by molar-refractivity contribution is 0.128. The van der Waals surface area contributed by atoms with Gasteiger partial charge in [-0.2, -0.15) is 0 Å². The summed E-state index contributed by atoms with van der Waals surface area (Å²) in [5.41, 5.74) is 0. The van der Waals surface area contributed by atoms with Crippen LogP contribution in [0.3, 0.4) is 0 Å². The lowest BCUT2D eigenvalue weighted by atomic mass is 10.3. The van der Waals surface area contributed by atoms with Crippen LogP contribution in [-0.2, 0) is 11.3 Å². The second kappa shape index (κ2) is 7.25. The molecule has 2 heterocycles. The van der Waals surface area contributed by atoms with Gasteiger partial charge < -0.3 is 20.3 Å². The van der Waals surface area contributed by atoms with Crippen LogP contribution in [0.15, 0.2) is 6.07 Å². The molecule has 0 atom stereocenters. The molecule has 2 N–H and O–H groups in total. The van der Waals surface area contributed by atoms with Gasteiger partial charge in [-0.25, -0.2) is 9.97 Å². The molecular formula is C13H23N5O. The average molecular weight is 265 g/mol. The van der Waals surface area contributed by atoms with E-state index in [0.29, 0.717) is 13.2 Å². The smallest absolute Gasteiger partial charge is 0.158 e. The lowest BCUT2D eigenvalue weighted by Crippen LogP contribution is -2.44. The Hall–Kier alpha value is -1.40. The van der Waals surface area contributed by atoms with E-state index in [0.717, 1.165) is 50.2 Å². The summed E-state index contributed by atoms with van der Waals surface area (Å²) in [4.78, 5) is 11.4. The zero-order valence-electron chi connectivity index (χ0n) is 11.8. The van der Waals surface area contributed by atoms with Crippen LogP contribution in [0.5, 0.6) is 0 Å². The number of ether oxygens (including phenoxy) is 1. The van der Waals surface area contributed by atoms with Gasteiger partial charge >= 0.3 is 0 Å². The van der Waals surface area contributed by atoms with E-state index < -0.39 is 0 Å². The molecule has 6 nitrogen and oxygen atoms in total. The fraction of sp³-hybridized carbons (Fsp3) is 0.692. The largest absolute Gasteiger partial charge is 0.374 e. The molecule has 19 heavy (non-hydrogen) atoms. The van der Waals surface area contributed by atoms with Crippen LogP contribution in [-0.4, -0.2) is 49.3 Å². The third-order valence-corrected chi connectivity index (χ3v) is 2.99. The van der Waals surface area contributed by atoms with Crippen molar-refractivity contribution in [2.24, 2.45) is 0 Å². The highest BCUT2D eigenvalue weighted by Gasteiger charge is 2.14. The Morgan fingerprint density at radius 2 is 2.11 bits per heavy atom. The van der Waals surface area contributed by atoms with E-state index in [9.17, 15) is 0 Å². The number of nitrogens with one attached hydrogen (secondary N) is 2. The van der Waals surface area contributed by atoms with E-state index in [2.05, 4.69) is 32.4 Å². The number of aromatic nitrogens is 2. The zero-order chi connectivity index (χ0) is 13.5. The molecule has 0 bridgehead atoms. The molecule has 1 aromatic heterocycles. The Labute approximate surface area is 114 Å². The predicted octanol–water partition coefficient (Wildman–Crippen LogP) is 0.854. The van der Waals surface area contributed by atoms with E-state index in [1.54, 1.807) is 0 Å². The molecule has 6 heteroatoms. The molecule has 1 aromatic rings. The number of anilines is 2. The third-order valence-electron chi connectivity index (χ3n) is 2.99. The van der Waals surface area contributed by atoms with Gasteiger partial charge in [0.2, 0.25) is 0 Å². The standard InChI is InChI=1S/C13H23N5O/c1-3-15-11-9-13(18-7-5-14-6-8-18)17-12(16-11)10-19-4-2/h9,14H,3-8,10H2,1-2H3,(H,15,16,17). The van der Waals surface area contributed by atoms with Gasteiger partial charge in [0.05, 0.1) is 0 Å². The summed E-state index contributed by atoms with van der Waals surface area (Å²) in [6.45, 7) is 10.0. The summed E-state index contributed by atoms with van der Waals surface area (Å²) >= 11 is 0. The van der Waals surface area contributed by atoms with E-state index in [1.165, 1.54) is 0 Å². The second-order valence-corrected chi connectivity index (χ2v) is 4.43. The SMILES string of the molecule is CCNc1cc(N2CCNCC2)nc(COCC)n1. The lowest BCUT2D eigenvalue weighted by Gasteiger charge is -2.28. The third kappa shape index (κ3) is 4.04. The molecule has 0 amide bonds. The molecule has 2 rings (SSSR count). The summed E-state index contributed by atoms with van der Waals surface area (Å²) in [5, 5.41) is 6.60. The maximum Gasteiger partial charge on any atom is 0.158 e. The normalized spacial score (nSPS) is 15.6. The maximum atomic E-state index is 5.41. The van der Waals surface area contributed by atoms with Crippen molar-refractivity contribution in [2.45, 2.75) is 20.5 Å². The van der Waals surface area contributed by atoms with Crippen molar-refractivity contribution >= 4 is 11.6 Å². The van der Waals surface area contributed by atoms with E-state index in [4.69, 9.17) is 4.74 Å². The van der Waals surface area contributed by atoms with Crippen LogP contribution < -0.4 is 15.5 Å². The van der Waals surface area contributed by atoms with Crippen molar-refractivity contribution in [3.8, 4) is 0 Å². The summed E-state index contributed by atoms with van der Waals surface area (Å²) < 4.78 is 5.41. The van der Waals surface area contributed by atoms with Gasteiger partial charge in [0, 0.05) is 45.4 Å². The van der Waals surface area contributed by atoms with Gasteiger partial charge in [0.25, 0.3) is 0 Å². The Morgan fingerprint density at radius 3 is 2.79 bits per heavy atom. The van der Waals surface area contributed by atoms with E-state index >= 15 is 0 Å². The zero-order valence-corrected chi connectivity index (χ0v) is 11.8. The number of rotatable bonds is 6. The fourth-order valence-corrected chi connectivity index (χ4v) is 2.07. The maximum absolute atomic E-state index is 5.41. The fourth-order valence-electron chi connectivity index (χ4n) is 2.07. The number of hydrogen-bond donors (Lipinski definition) is 2. The molecular weight excluding hydrogens is 242 g/mol. The quantitative estimate of drug-likeness (QED) is 0.795. The molecule has 0 spiro atoms. The van der Waals surface area contributed by atoms with Crippen molar-refractivity contribution in [3.63, 3.8) is 0 Å². The topological polar surface area (TPSA) is 62.3 Å². The molecule has 0 aromatic carbocycles. The molecule has 0 unspecified atom stereocenters. The Bertz CT molecular complexity index is 393. The van der Waals surface area contributed by atoms with Crippen molar-refractivity contribution in [2.75, 3.05) is 49.5 Å². The predicted molar refractivity (Wildman–Crippen MR) is 76.6 cm³/mol. The first kappa shape index (κ1) is 14.0. The van der Waals surface area contributed by atoms with Crippen molar-refractivity contribution in [3.05, 3.63) is 11.9 Å². The highest BCUT2D eigenvalue weighted by molar-refractivity contribution is 5.49. The first-order valence-corrected chi connectivity index (χ1v) is 6.98. The minimum atomic E-state index is 0.467. The Morgan fingerprint density at radius 1 is 1.32 bits per heavy atom. The minimum Gasteiger partial charge on any atom is -0.374 e. The summed E-state index contributed by atoms with van der Waals surface area (Å²) in [6.07, 6.45) is 0. The molecule has 1 saturated heterocycles. The van der Waals surface area contributed by atoms with Crippen LogP contribution in [0.1, 0.15) is 19.7 Å². The first-order chi connectivity index (χ1) is 9.33. The van der Waals surface area contributed by atoms with Gasteiger partial charge in [0.15, 0.2) is 5.82 Å². The monoisotopic (exact) mass is 265 g/mol. The van der Waals surface area contributed by atoms with Gasteiger partial charge in [-0.15, -0.1) is 0 Å². The summed E-state index contributed by atoms with van der Waals surface area (Å²) in [5.74, 6) is 2.61. The molecule has 0 saturated carbocycles. The van der Waals surface area contributed by atoms with Crippen molar-refractivity contribution in [1.29, 1.82) is 0 Å². The Kier molecular flexibility index (Phi) is 5.35. The first-order valence-electron chi connectivity index (χ1n) is 6.98. The van der Waals surface area contributed by atoms with Crippen LogP contribution in [0, 0.1) is 0 Å². The van der Waals surface area contributed by atoms with Crippen LogP contribution in [0.4, 0.5) is 11.6 Å². The average Bonchev–Trinajstić information content (AvgIpc) is 2.46. The van der Waals surface area contributed by atoms with Gasteiger partial charge in [-0.1, -0.05) is 0 Å². The molecule has 1 aliphatic heterocycles. The highest BCUT2D eigenvalue weighted by Crippen LogP contribution is 2.17. The van der Waals surface area contributed by atoms with Crippen molar-refractivity contribution in [1.82, 2.24) is 15.3 Å². The molecule has 106 valence electrons. The molecule has 0 radical (unpaired) electrons. The number of hydrogen-bond acceptors (Lipinski definition) is 6. The van der Waals surface area contributed by atoms with Gasteiger partial charge in [-0.05, 0) is 13.8 Å². The Balaban J connectivity index is 2.17. The van der Waals surface area contributed by atoms with Crippen LogP contribution >= 0.6 is 0 Å². The van der Waals surface area contributed by atoms with Gasteiger partial charge in [-0.3, -0.25) is 0 Å². The van der Waals surface area contributed by atoms with Crippen molar-refractivity contribution < 1.29 is 4.74 Å². The van der Waals surface area contributed by atoms with Gasteiger partial charge in [0.1, 0.15) is 18.2 Å². The molecule has 1 fully saturated rings. The second-order valence-electron chi connectivity index (χ2n) is 4.43. The van der Waals surface area contributed by atoms with Crippen LogP contribution in [0.2, 0.25) is 0 Å². The van der Waals surface area contributed by atoms with Crippen LogP contribution in [0.25, 0.3) is 0 Å². The van der Waals surface area contributed by atoms with E-state index in [-0.39, 0.29) is 0 Å². The molecule has 1 aliphatic rings. The molecule has 0 aliphatic carbocycles. The number of piperazine rings is 1.